The number of likely N-dealkylation sites (tertiary alicyclic amines) is 1. The maximum absolute atomic E-state index is 14.5. The third kappa shape index (κ3) is 7.79. The van der Waals surface area contributed by atoms with E-state index in [-0.39, 0.29) is 45.1 Å². The Morgan fingerprint density at radius 1 is 0.804 bits per heavy atom. The van der Waals surface area contributed by atoms with Crippen LogP contribution in [-0.4, -0.2) is 65.3 Å². The van der Waals surface area contributed by atoms with Crippen molar-refractivity contribution in [1.82, 2.24) is 15.5 Å². The third-order valence-electron chi connectivity index (χ3n) is 17.9. The van der Waals surface area contributed by atoms with Gasteiger partial charge in [-0.1, -0.05) is 72.5 Å². The highest BCUT2D eigenvalue weighted by Gasteiger charge is 2.71. The Morgan fingerprint density at radius 3 is 2.20 bits per heavy atom. The van der Waals surface area contributed by atoms with E-state index in [1.54, 1.807) is 20.8 Å². The Kier molecular flexibility index (Phi) is 12.7. The highest BCUT2D eigenvalue weighted by Crippen LogP contribution is 2.77. The second-order valence-corrected chi connectivity index (χ2v) is 22.3. The number of rotatable bonds is 12. The van der Waals surface area contributed by atoms with Gasteiger partial charge in [0, 0.05) is 6.54 Å². The Hall–Kier alpha value is -1.93. The monoisotopic (exact) mass is 780 g/mol. The first-order valence-corrected chi connectivity index (χ1v) is 23.1. The number of unbranched alkanes of at least 4 members (excludes halogenated alkanes) is 5. The van der Waals surface area contributed by atoms with Crippen molar-refractivity contribution in [2.45, 2.75) is 196 Å². The zero-order chi connectivity index (χ0) is 40.9. The van der Waals surface area contributed by atoms with Crippen molar-refractivity contribution in [3.63, 3.8) is 0 Å². The molecule has 6 fully saturated rings. The maximum atomic E-state index is 14.5. The number of hydrogen-bond donors (Lipinski definition) is 3. The first-order chi connectivity index (χ1) is 26.2. The van der Waals surface area contributed by atoms with Gasteiger partial charge in [0.2, 0.25) is 11.8 Å². The normalized spacial score (nSPS) is 40.4. The molecule has 11 atom stereocenters. The van der Waals surface area contributed by atoms with Crippen LogP contribution < -0.4 is 10.6 Å². The minimum absolute atomic E-state index is 0.0346. The van der Waals surface area contributed by atoms with E-state index < -0.39 is 11.7 Å². The predicted octanol–water partition coefficient (Wildman–Crippen LogP) is 9.98. The molecule has 3 amide bonds. The fraction of sp³-hybridized carbons (Fsp3) is 0.896. The Balaban J connectivity index is 0.986. The molecule has 8 nitrogen and oxygen atoms in total. The van der Waals surface area contributed by atoms with Gasteiger partial charge in [0.15, 0.2) is 0 Å². The van der Waals surface area contributed by atoms with Crippen LogP contribution in [-0.2, 0) is 14.3 Å². The quantitative estimate of drug-likeness (QED) is 0.135. The summed E-state index contributed by atoms with van der Waals surface area (Å²) in [6.07, 6.45) is 18.8. The molecule has 0 aromatic rings. The van der Waals surface area contributed by atoms with Gasteiger partial charge in [0.25, 0.3) is 0 Å². The molecule has 0 unspecified atom stereocenters. The number of allylic oxidation sites excluding steroid dienone is 1. The summed E-state index contributed by atoms with van der Waals surface area (Å²) in [6, 6.07) is -0.254. The van der Waals surface area contributed by atoms with Crippen LogP contribution >= 0.6 is 0 Å². The molecule has 0 aromatic carbocycles. The lowest BCUT2D eigenvalue weighted by atomic mass is 9.32. The van der Waals surface area contributed by atoms with E-state index in [1.807, 2.05) is 0 Å². The van der Waals surface area contributed by atoms with E-state index in [1.165, 1.54) is 31.3 Å². The molecule has 1 saturated heterocycles. The Labute approximate surface area is 340 Å². The van der Waals surface area contributed by atoms with Crippen LogP contribution in [0, 0.1) is 56.7 Å². The molecule has 0 aromatic heterocycles. The lowest BCUT2D eigenvalue weighted by molar-refractivity contribution is -0.246. The van der Waals surface area contributed by atoms with E-state index >= 15 is 0 Å². The number of carbonyl (C=O) groups excluding carboxylic acids is 3. The number of aliphatic hydroxyl groups is 1. The number of nitrogens with one attached hydrogen (secondary N) is 2. The molecule has 0 spiro atoms. The zero-order valence-corrected chi connectivity index (χ0v) is 37.1. The first kappa shape index (κ1) is 43.6. The van der Waals surface area contributed by atoms with Crippen LogP contribution in [0.2, 0.25) is 0 Å². The number of hydrogen-bond acceptors (Lipinski definition) is 6. The standard InChI is InChI=1S/C48H81N3O5/c1-32(2)33-21-26-48(41(54)49-29-15-13-11-12-14-16-30-51-31-17-18-35(51)40(53)50-42(55)56-43(3,4)5)28-27-46(9)34(39(33)48)19-20-37-45(8)24-23-38(52)44(6,7)36(45)22-25-47(37,46)10/h33-39,52H,1,11-31H2,2-10H3,(H,49,54)(H,50,53,55)/t33-,34+,35-,36-,37+,38-,39+,45-,46+,47+,48-/m0/s1. The minimum Gasteiger partial charge on any atom is -0.444 e. The summed E-state index contributed by atoms with van der Waals surface area (Å²) < 4.78 is 5.28. The number of nitrogens with zero attached hydrogens (tertiary/aromatic N) is 1. The number of alkyl carbamates (subject to hydrolysis) is 1. The topological polar surface area (TPSA) is 108 Å². The van der Waals surface area contributed by atoms with Crippen molar-refractivity contribution in [2.24, 2.45) is 56.7 Å². The summed E-state index contributed by atoms with van der Waals surface area (Å²) >= 11 is 0. The highest BCUT2D eigenvalue weighted by molar-refractivity contribution is 5.95. The lowest BCUT2D eigenvalue weighted by Crippen LogP contribution is -2.67. The Bertz CT molecular complexity index is 1470. The molecule has 3 N–H and O–H groups in total. The van der Waals surface area contributed by atoms with Gasteiger partial charge >= 0.3 is 6.09 Å². The summed E-state index contributed by atoms with van der Waals surface area (Å²) in [6.45, 7) is 27.3. The fourth-order valence-corrected chi connectivity index (χ4v) is 14.9. The molecular formula is C48H81N3O5. The summed E-state index contributed by atoms with van der Waals surface area (Å²) in [7, 11) is 0. The summed E-state index contributed by atoms with van der Waals surface area (Å²) in [5.74, 6) is 2.67. The van der Waals surface area contributed by atoms with Crippen LogP contribution in [0.4, 0.5) is 4.79 Å². The van der Waals surface area contributed by atoms with E-state index in [2.05, 4.69) is 63.7 Å². The van der Waals surface area contributed by atoms with Crippen molar-refractivity contribution < 1.29 is 24.2 Å². The second kappa shape index (κ2) is 16.3. The molecule has 1 heterocycles. The van der Waals surface area contributed by atoms with Crippen molar-refractivity contribution in [1.29, 1.82) is 0 Å². The average Bonchev–Trinajstić information content (AvgIpc) is 3.75. The van der Waals surface area contributed by atoms with E-state index in [4.69, 9.17) is 4.74 Å². The molecule has 0 radical (unpaired) electrons. The molecule has 0 bridgehead atoms. The van der Waals surface area contributed by atoms with Crippen LogP contribution in [0.3, 0.4) is 0 Å². The molecule has 6 aliphatic rings. The van der Waals surface area contributed by atoms with Crippen molar-refractivity contribution >= 4 is 17.9 Å². The number of fused-ring (bicyclic) bond motifs is 7. The molecular weight excluding hydrogens is 699 g/mol. The van der Waals surface area contributed by atoms with Crippen molar-refractivity contribution in [2.75, 3.05) is 19.6 Å². The van der Waals surface area contributed by atoms with Crippen LogP contribution in [0.25, 0.3) is 0 Å². The summed E-state index contributed by atoms with van der Waals surface area (Å²) in [5.41, 5.74) is 1.06. The number of amides is 3. The van der Waals surface area contributed by atoms with Crippen LogP contribution in [0.15, 0.2) is 12.2 Å². The molecule has 56 heavy (non-hydrogen) atoms. The maximum Gasteiger partial charge on any atom is 0.414 e. The number of ether oxygens (including phenoxy) is 1. The predicted molar refractivity (Wildman–Crippen MR) is 225 cm³/mol. The van der Waals surface area contributed by atoms with Crippen molar-refractivity contribution in [3.8, 4) is 0 Å². The molecule has 318 valence electrons. The zero-order valence-electron chi connectivity index (χ0n) is 37.1. The highest BCUT2D eigenvalue weighted by atomic mass is 16.6. The number of imide groups is 1. The van der Waals surface area contributed by atoms with E-state index in [9.17, 15) is 19.5 Å². The number of carbonyl (C=O) groups is 3. The largest absolute Gasteiger partial charge is 0.444 e. The van der Waals surface area contributed by atoms with Gasteiger partial charge in [-0.2, -0.15) is 0 Å². The lowest BCUT2D eigenvalue weighted by Gasteiger charge is -2.72. The second-order valence-electron chi connectivity index (χ2n) is 22.3. The third-order valence-corrected chi connectivity index (χ3v) is 17.9. The van der Waals surface area contributed by atoms with Gasteiger partial charge in [0.1, 0.15) is 5.60 Å². The summed E-state index contributed by atoms with van der Waals surface area (Å²) in [4.78, 5) is 41.6. The molecule has 5 aliphatic carbocycles. The average molecular weight is 780 g/mol. The minimum atomic E-state index is -0.666. The van der Waals surface area contributed by atoms with Crippen LogP contribution in [0.5, 0.6) is 0 Å². The van der Waals surface area contributed by atoms with Crippen molar-refractivity contribution in [3.05, 3.63) is 12.2 Å². The molecule has 6 rings (SSSR count). The van der Waals surface area contributed by atoms with Gasteiger partial charge in [0.05, 0.1) is 17.6 Å². The van der Waals surface area contributed by atoms with E-state index in [0.717, 1.165) is 110 Å². The van der Waals surface area contributed by atoms with Gasteiger partial charge in [-0.3, -0.25) is 19.8 Å². The fourth-order valence-electron chi connectivity index (χ4n) is 14.9. The number of aliphatic hydroxyl groups excluding tert-OH is 1. The van der Waals surface area contributed by atoms with Gasteiger partial charge in [-0.25, -0.2) is 4.79 Å². The molecule has 8 heteroatoms. The van der Waals surface area contributed by atoms with Gasteiger partial charge < -0.3 is 15.2 Å². The SMILES string of the molecule is C=C(C)[C@@H]1CC[C@]2(C(=O)NCCCCCCCCN3CCC[C@H]3C(=O)NC(=O)OC(C)(C)C)CC[C@]3(C)[C@H](CC[C@@H]4[C@@]5(C)CC[C@H](O)C(C)(C)[C@@H]5CC[C@]43C)[C@@H]12. The van der Waals surface area contributed by atoms with Gasteiger partial charge in [-0.05, 0) is 182 Å². The van der Waals surface area contributed by atoms with Gasteiger partial charge in [-0.15, -0.1) is 0 Å². The van der Waals surface area contributed by atoms with Crippen LogP contribution in [0.1, 0.15) is 178 Å². The first-order valence-electron chi connectivity index (χ1n) is 23.1. The summed E-state index contributed by atoms with van der Waals surface area (Å²) in [5, 5.41) is 17.1. The molecule has 5 saturated carbocycles. The smallest absolute Gasteiger partial charge is 0.414 e. The Morgan fingerprint density at radius 2 is 1.50 bits per heavy atom. The van der Waals surface area contributed by atoms with E-state index in [0.29, 0.717) is 35.5 Å². The molecule has 1 aliphatic heterocycles.